The minimum Gasteiger partial charge on any atom is -0.480 e. The van der Waals surface area contributed by atoms with Crippen molar-refractivity contribution in [3.8, 4) is 0 Å². The highest BCUT2D eigenvalue weighted by Gasteiger charge is 2.27. The molecule has 0 saturated carbocycles. The van der Waals surface area contributed by atoms with E-state index in [1.54, 1.807) is 4.90 Å². The predicted molar refractivity (Wildman–Crippen MR) is 62.0 cm³/mol. The van der Waals surface area contributed by atoms with E-state index in [0.29, 0.717) is 6.42 Å². The van der Waals surface area contributed by atoms with Gasteiger partial charge in [-0.15, -0.1) is 0 Å². The number of rotatable bonds is 8. The first kappa shape index (κ1) is 14.9. The van der Waals surface area contributed by atoms with Gasteiger partial charge in [-0.05, 0) is 20.3 Å². The molecule has 0 aromatic heterocycles. The van der Waals surface area contributed by atoms with Gasteiger partial charge in [-0.2, -0.15) is 0 Å². The summed E-state index contributed by atoms with van der Waals surface area (Å²) in [5.41, 5.74) is 5.12. The second kappa shape index (κ2) is 7.22. The first-order chi connectivity index (χ1) is 7.40. The zero-order chi connectivity index (χ0) is 12.7. The fourth-order valence-corrected chi connectivity index (χ4v) is 1.66. The first-order valence-corrected chi connectivity index (χ1v) is 5.67. The molecule has 94 valence electrons. The molecule has 1 amide bonds. The minimum atomic E-state index is -0.886. The van der Waals surface area contributed by atoms with Crippen LogP contribution in [0.5, 0.6) is 0 Å². The Balaban J connectivity index is 4.65. The number of unbranched alkanes of at least 4 members (excludes halogenated alkanes) is 1. The molecule has 0 saturated heterocycles. The van der Waals surface area contributed by atoms with Crippen LogP contribution in [0.3, 0.4) is 0 Å². The van der Waals surface area contributed by atoms with Gasteiger partial charge in [0.25, 0.3) is 0 Å². The zero-order valence-corrected chi connectivity index (χ0v) is 10.3. The third kappa shape index (κ3) is 5.11. The summed E-state index contributed by atoms with van der Waals surface area (Å²) in [6.07, 6.45) is 2.32. The van der Waals surface area contributed by atoms with Crippen molar-refractivity contribution >= 4 is 11.9 Å². The third-order valence-electron chi connectivity index (χ3n) is 2.52. The Kier molecular flexibility index (Phi) is 6.72. The average molecular weight is 230 g/mol. The quantitative estimate of drug-likeness (QED) is 0.646. The molecule has 0 spiro atoms. The molecule has 0 radical (unpaired) electrons. The Morgan fingerprint density at radius 1 is 1.38 bits per heavy atom. The highest BCUT2D eigenvalue weighted by molar-refractivity contribution is 5.78. The fraction of sp³-hybridized carbons (Fsp3) is 0.818. The van der Waals surface area contributed by atoms with Crippen molar-refractivity contribution in [1.82, 2.24) is 4.90 Å². The van der Waals surface area contributed by atoms with Crippen LogP contribution in [-0.4, -0.2) is 40.5 Å². The van der Waals surface area contributed by atoms with Gasteiger partial charge in [-0.3, -0.25) is 14.5 Å². The van der Waals surface area contributed by atoms with Gasteiger partial charge >= 0.3 is 5.97 Å². The van der Waals surface area contributed by atoms with E-state index in [4.69, 9.17) is 10.8 Å². The monoisotopic (exact) mass is 230 g/mol. The molecule has 16 heavy (non-hydrogen) atoms. The Hall–Kier alpha value is -1.10. The van der Waals surface area contributed by atoms with E-state index in [9.17, 15) is 9.59 Å². The van der Waals surface area contributed by atoms with Crippen molar-refractivity contribution in [3.05, 3.63) is 0 Å². The smallest absolute Gasteiger partial charge is 0.320 e. The molecule has 0 aliphatic carbocycles. The van der Waals surface area contributed by atoms with Gasteiger partial charge in [0.05, 0.1) is 6.54 Å². The lowest BCUT2D eigenvalue weighted by Gasteiger charge is -2.31. The van der Waals surface area contributed by atoms with Crippen molar-refractivity contribution in [2.45, 2.75) is 52.1 Å². The summed E-state index contributed by atoms with van der Waals surface area (Å²) in [6, 6.07) is -0.627. The van der Waals surface area contributed by atoms with E-state index < -0.39 is 17.9 Å². The maximum absolute atomic E-state index is 11.1. The molecule has 0 rings (SSSR count). The molecule has 5 nitrogen and oxygen atoms in total. The molecule has 0 bridgehead atoms. The van der Waals surface area contributed by atoms with Gasteiger partial charge in [-0.1, -0.05) is 19.8 Å². The van der Waals surface area contributed by atoms with Crippen molar-refractivity contribution < 1.29 is 14.7 Å². The molecule has 1 atom stereocenters. The number of aliphatic carboxylic acids is 1. The lowest BCUT2D eigenvalue weighted by Crippen LogP contribution is -2.49. The number of carboxylic acids is 1. The molecule has 1 unspecified atom stereocenters. The lowest BCUT2D eigenvalue weighted by molar-refractivity contribution is -0.145. The second-order valence-corrected chi connectivity index (χ2v) is 4.23. The fourth-order valence-electron chi connectivity index (χ4n) is 1.66. The number of hydrogen-bond donors (Lipinski definition) is 2. The summed E-state index contributed by atoms with van der Waals surface area (Å²) in [5.74, 6) is -1.38. The van der Waals surface area contributed by atoms with Crippen LogP contribution in [0.2, 0.25) is 0 Å². The highest BCUT2D eigenvalue weighted by Crippen LogP contribution is 2.12. The standard InChI is InChI=1S/C11H22N2O3/c1-4-5-6-9(11(15)16)13(8(2)3)7-10(12)14/h8-9H,4-7H2,1-3H3,(H2,12,14)(H,15,16). The van der Waals surface area contributed by atoms with Crippen LogP contribution in [-0.2, 0) is 9.59 Å². The molecular weight excluding hydrogens is 208 g/mol. The number of primary amides is 1. The van der Waals surface area contributed by atoms with Crippen LogP contribution in [0, 0.1) is 0 Å². The number of amides is 1. The topological polar surface area (TPSA) is 83.6 Å². The SMILES string of the molecule is CCCCC(C(=O)O)N(CC(N)=O)C(C)C. The molecule has 0 heterocycles. The predicted octanol–water partition coefficient (Wildman–Crippen LogP) is 0.825. The van der Waals surface area contributed by atoms with Gasteiger partial charge in [0.15, 0.2) is 0 Å². The summed E-state index contributed by atoms with van der Waals surface area (Å²) in [4.78, 5) is 23.7. The van der Waals surface area contributed by atoms with E-state index in [-0.39, 0.29) is 12.6 Å². The van der Waals surface area contributed by atoms with Gasteiger partial charge in [0.2, 0.25) is 5.91 Å². The molecule has 0 aromatic carbocycles. The maximum atomic E-state index is 11.1. The third-order valence-corrected chi connectivity index (χ3v) is 2.52. The van der Waals surface area contributed by atoms with Crippen molar-refractivity contribution in [2.24, 2.45) is 5.73 Å². The summed E-state index contributed by atoms with van der Waals surface area (Å²) >= 11 is 0. The van der Waals surface area contributed by atoms with Crippen LogP contribution in [0.25, 0.3) is 0 Å². The van der Waals surface area contributed by atoms with Crippen LogP contribution in [0.4, 0.5) is 0 Å². The average Bonchev–Trinajstić information content (AvgIpc) is 2.15. The molecular formula is C11H22N2O3. The van der Waals surface area contributed by atoms with E-state index in [1.807, 2.05) is 20.8 Å². The number of carbonyl (C=O) groups is 2. The van der Waals surface area contributed by atoms with E-state index >= 15 is 0 Å². The summed E-state index contributed by atoms with van der Waals surface area (Å²) in [7, 11) is 0. The Labute approximate surface area is 96.6 Å². The molecule has 5 heteroatoms. The molecule has 0 fully saturated rings. The second-order valence-electron chi connectivity index (χ2n) is 4.23. The number of nitrogens with zero attached hydrogens (tertiary/aromatic N) is 1. The minimum absolute atomic E-state index is 0.00164. The normalized spacial score (nSPS) is 13.1. The van der Waals surface area contributed by atoms with E-state index in [2.05, 4.69) is 0 Å². The van der Waals surface area contributed by atoms with Crippen LogP contribution < -0.4 is 5.73 Å². The lowest BCUT2D eigenvalue weighted by atomic mass is 10.1. The van der Waals surface area contributed by atoms with Crippen LogP contribution in [0.15, 0.2) is 0 Å². The molecule has 3 N–H and O–H groups in total. The van der Waals surface area contributed by atoms with E-state index in [0.717, 1.165) is 12.8 Å². The first-order valence-electron chi connectivity index (χ1n) is 5.67. The Morgan fingerprint density at radius 3 is 2.25 bits per heavy atom. The Bertz CT molecular complexity index is 241. The largest absolute Gasteiger partial charge is 0.480 e. The highest BCUT2D eigenvalue weighted by atomic mass is 16.4. The van der Waals surface area contributed by atoms with Gasteiger partial charge < -0.3 is 10.8 Å². The van der Waals surface area contributed by atoms with Crippen molar-refractivity contribution in [2.75, 3.05) is 6.54 Å². The summed E-state index contributed by atoms with van der Waals surface area (Å²) in [6.45, 7) is 5.74. The summed E-state index contributed by atoms with van der Waals surface area (Å²) < 4.78 is 0. The van der Waals surface area contributed by atoms with Crippen molar-refractivity contribution in [1.29, 1.82) is 0 Å². The molecule has 0 aromatic rings. The van der Waals surface area contributed by atoms with Gasteiger partial charge in [0, 0.05) is 6.04 Å². The maximum Gasteiger partial charge on any atom is 0.320 e. The number of hydrogen-bond acceptors (Lipinski definition) is 3. The van der Waals surface area contributed by atoms with Gasteiger partial charge in [-0.25, -0.2) is 0 Å². The van der Waals surface area contributed by atoms with Crippen LogP contribution in [0.1, 0.15) is 40.0 Å². The Morgan fingerprint density at radius 2 is 1.94 bits per heavy atom. The van der Waals surface area contributed by atoms with Crippen LogP contribution >= 0.6 is 0 Å². The molecule has 0 aliphatic heterocycles. The zero-order valence-electron chi connectivity index (χ0n) is 10.3. The van der Waals surface area contributed by atoms with E-state index in [1.165, 1.54) is 0 Å². The van der Waals surface area contributed by atoms with Gasteiger partial charge in [0.1, 0.15) is 6.04 Å². The summed E-state index contributed by atoms with van der Waals surface area (Å²) in [5, 5.41) is 9.14. The number of carbonyl (C=O) groups excluding carboxylic acids is 1. The van der Waals surface area contributed by atoms with Crippen molar-refractivity contribution in [3.63, 3.8) is 0 Å². The molecule has 0 aliphatic rings. The number of nitrogens with two attached hydrogens (primary N) is 1. The number of carboxylic acid groups (broad SMARTS) is 1.